The molecule has 2 unspecified atom stereocenters. The zero-order valence-corrected chi connectivity index (χ0v) is 12.0. The molecule has 114 valence electrons. The van der Waals surface area contributed by atoms with Crippen LogP contribution in [0.2, 0.25) is 0 Å². The van der Waals surface area contributed by atoms with Gasteiger partial charge in [-0.2, -0.15) is 0 Å². The van der Waals surface area contributed by atoms with Gasteiger partial charge in [0.2, 0.25) is 0 Å². The molecule has 0 aliphatic carbocycles. The van der Waals surface area contributed by atoms with Crippen molar-refractivity contribution in [1.29, 1.82) is 0 Å². The van der Waals surface area contributed by atoms with Gasteiger partial charge in [0.1, 0.15) is 6.04 Å². The molecule has 0 radical (unpaired) electrons. The van der Waals surface area contributed by atoms with Crippen molar-refractivity contribution < 1.29 is 19.6 Å². The molecule has 1 fully saturated rings. The monoisotopic (exact) mass is 294 g/mol. The standard InChI is InChI=1S/C14H18N2O5/c1-9-4-3-7-15(13(9)14(17)18)10-5-6-11(16(19)20)12(8-10)21-2/h5-6,8-9,13H,3-4,7H2,1-2H3,(H,17,18). The SMILES string of the molecule is COc1cc(N2CCCC(C)C2C(=O)O)ccc1[N+](=O)[O-]. The number of hydrogen-bond donors (Lipinski definition) is 1. The van der Waals surface area contributed by atoms with Crippen molar-refractivity contribution in [3.05, 3.63) is 28.3 Å². The Bertz CT molecular complexity index is 560. The molecule has 0 bridgehead atoms. The molecule has 1 saturated heterocycles. The minimum absolute atomic E-state index is 0.0254. The Kier molecular flexibility index (Phi) is 4.30. The highest BCUT2D eigenvalue weighted by Gasteiger charge is 2.35. The third kappa shape index (κ3) is 2.91. The van der Waals surface area contributed by atoms with Crippen LogP contribution in [-0.2, 0) is 4.79 Å². The van der Waals surface area contributed by atoms with Crippen molar-refractivity contribution in [2.75, 3.05) is 18.6 Å². The number of ether oxygens (including phenoxy) is 1. The number of aliphatic carboxylic acids is 1. The van der Waals surface area contributed by atoms with E-state index in [2.05, 4.69) is 0 Å². The summed E-state index contributed by atoms with van der Waals surface area (Å²) in [7, 11) is 1.36. The molecule has 0 amide bonds. The third-order valence-corrected chi connectivity index (χ3v) is 3.88. The fraction of sp³-hybridized carbons (Fsp3) is 0.500. The Morgan fingerprint density at radius 1 is 1.52 bits per heavy atom. The molecule has 0 spiro atoms. The summed E-state index contributed by atoms with van der Waals surface area (Å²) < 4.78 is 5.04. The van der Waals surface area contributed by atoms with Gasteiger partial charge in [-0.05, 0) is 24.8 Å². The Labute approximate surface area is 122 Å². The van der Waals surface area contributed by atoms with Gasteiger partial charge in [0.15, 0.2) is 5.75 Å². The van der Waals surface area contributed by atoms with Crippen LogP contribution in [0.4, 0.5) is 11.4 Å². The van der Waals surface area contributed by atoms with Crippen LogP contribution in [0.5, 0.6) is 5.75 Å². The van der Waals surface area contributed by atoms with Crippen LogP contribution in [-0.4, -0.2) is 35.7 Å². The van der Waals surface area contributed by atoms with Gasteiger partial charge in [0.25, 0.3) is 0 Å². The summed E-state index contributed by atoms with van der Waals surface area (Å²) in [6.07, 6.45) is 1.75. The van der Waals surface area contributed by atoms with Gasteiger partial charge in [0, 0.05) is 24.4 Å². The van der Waals surface area contributed by atoms with E-state index in [1.165, 1.54) is 19.2 Å². The molecule has 0 saturated carbocycles. The number of nitro groups is 1. The molecule has 7 nitrogen and oxygen atoms in total. The highest BCUT2D eigenvalue weighted by atomic mass is 16.6. The van der Waals surface area contributed by atoms with Gasteiger partial charge in [-0.25, -0.2) is 4.79 Å². The van der Waals surface area contributed by atoms with E-state index in [4.69, 9.17) is 4.74 Å². The largest absolute Gasteiger partial charge is 0.490 e. The number of hydrogen-bond acceptors (Lipinski definition) is 5. The van der Waals surface area contributed by atoms with E-state index in [0.717, 1.165) is 12.8 Å². The van der Waals surface area contributed by atoms with Crippen LogP contribution in [0.3, 0.4) is 0 Å². The average Bonchev–Trinajstić information content (AvgIpc) is 2.45. The molecule has 1 aromatic rings. The summed E-state index contributed by atoms with van der Waals surface area (Å²) in [5.41, 5.74) is 0.509. The first-order chi connectivity index (χ1) is 9.95. The number of benzene rings is 1. The van der Waals surface area contributed by atoms with E-state index in [-0.39, 0.29) is 17.4 Å². The second kappa shape index (κ2) is 5.99. The molecule has 1 aliphatic heterocycles. The molecule has 7 heteroatoms. The third-order valence-electron chi connectivity index (χ3n) is 3.88. The number of carboxylic acid groups (broad SMARTS) is 1. The Balaban J connectivity index is 2.40. The van der Waals surface area contributed by atoms with Crippen molar-refractivity contribution >= 4 is 17.3 Å². The number of methoxy groups -OCH3 is 1. The molecular formula is C14H18N2O5. The minimum atomic E-state index is -0.875. The number of nitrogens with zero attached hydrogens (tertiary/aromatic N) is 2. The van der Waals surface area contributed by atoms with Crippen LogP contribution in [0, 0.1) is 16.0 Å². The Morgan fingerprint density at radius 3 is 2.81 bits per heavy atom. The fourth-order valence-electron chi connectivity index (χ4n) is 2.85. The zero-order valence-electron chi connectivity index (χ0n) is 12.0. The summed E-state index contributed by atoms with van der Waals surface area (Å²) >= 11 is 0. The fourth-order valence-corrected chi connectivity index (χ4v) is 2.85. The Hall–Kier alpha value is -2.31. The predicted molar refractivity (Wildman–Crippen MR) is 76.8 cm³/mol. The first-order valence-corrected chi connectivity index (χ1v) is 6.77. The van der Waals surface area contributed by atoms with E-state index in [1.54, 1.807) is 11.0 Å². The van der Waals surface area contributed by atoms with E-state index >= 15 is 0 Å². The number of carboxylic acids is 1. The summed E-state index contributed by atoms with van der Waals surface area (Å²) in [6.45, 7) is 2.52. The lowest BCUT2D eigenvalue weighted by Crippen LogP contribution is -2.49. The Morgan fingerprint density at radius 2 is 2.24 bits per heavy atom. The summed E-state index contributed by atoms with van der Waals surface area (Å²) in [5, 5.41) is 20.3. The second-order valence-corrected chi connectivity index (χ2v) is 5.21. The van der Waals surface area contributed by atoms with Crippen LogP contribution in [0.15, 0.2) is 18.2 Å². The van der Waals surface area contributed by atoms with Crippen LogP contribution < -0.4 is 9.64 Å². The highest BCUT2D eigenvalue weighted by Crippen LogP contribution is 2.35. The van der Waals surface area contributed by atoms with Crippen molar-refractivity contribution in [3.63, 3.8) is 0 Å². The van der Waals surface area contributed by atoms with Crippen molar-refractivity contribution in [1.82, 2.24) is 0 Å². The van der Waals surface area contributed by atoms with E-state index < -0.39 is 16.9 Å². The van der Waals surface area contributed by atoms with E-state index in [1.807, 2.05) is 6.92 Å². The number of nitro benzene ring substituents is 1. The molecule has 2 atom stereocenters. The van der Waals surface area contributed by atoms with Gasteiger partial charge >= 0.3 is 11.7 Å². The van der Waals surface area contributed by atoms with E-state index in [9.17, 15) is 20.0 Å². The molecule has 1 N–H and O–H groups in total. The summed E-state index contributed by atoms with van der Waals surface area (Å²) in [4.78, 5) is 23.7. The maximum atomic E-state index is 11.5. The molecule has 2 rings (SSSR count). The number of carbonyl (C=O) groups is 1. The first kappa shape index (κ1) is 15.1. The first-order valence-electron chi connectivity index (χ1n) is 6.77. The molecular weight excluding hydrogens is 276 g/mol. The number of rotatable bonds is 4. The van der Waals surface area contributed by atoms with Gasteiger partial charge in [-0.1, -0.05) is 6.92 Å². The van der Waals surface area contributed by atoms with Gasteiger partial charge in [0.05, 0.1) is 12.0 Å². The normalized spacial score (nSPS) is 21.9. The van der Waals surface area contributed by atoms with E-state index in [0.29, 0.717) is 12.2 Å². The number of piperidine rings is 1. The topological polar surface area (TPSA) is 92.9 Å². The second-order valence-electron chi connectivity index (χ2n) is 5.21. The average molecular weight is 294 g/mol. The maximum Gasteiger partial charge on any atom is 0.326 e. The lowest BCUT2D eigenvalue weighted by Gasteiger charge is -2.39. The lowest BCUT2D eigenvalue weighted by molar-refractivity contribution is -0.385. The van der Waals surface area contributed by atoms with Crippen LogP contribution >= 0.6 is 0 Å². The van der Waals surface area contributed by atoms with Gasteiger partial charge < -0.3 is 14.7 Å². The maximum absolute atomic E-state index is 11.5. The van der Waals surface area contributed by atoms with Gasteiger partial charge in [-0.3, -0.25) is 10.1 Å². The molecule has 1 heterocycles. The predicted octanol–water partition coefficient (Wildman–Crippen LogP) is 2.29. The molecule has 1 aliphatic rings. The smallest absolute Gasteiger partial charge is 0.326 e. The van der Waals surface area contributed by atoms with Crippen LogP contribution in [0.1, 0.15) is 19.8 Å². The van der Waals surface area contributed by atoms with Crippen molar-refractivity contribution in [2.45, 2.75) is 25.8 Å². The quantitative estimate of drug-likeness (QED) is 0.676. The van der Waals surface area contributed by atoms with Crippen LogP contribution in [0.25, 0.3) is 0 Å². The zero-order chi connectivity index (χ0) is 15.6. The minimum Gasteiger partial charge on any atom is -0.490 e. The van der Waals surface area contributed by atoms with Crippen molar-refractivity contribution in [2.24, 2.45) is 5.92 Å². The summed E-state index contributed by atoms with van der Waals surface area (Å²) in [6, 6.07) is 3.84. The summed E-state index contributed by atoms with van der Waals surface area (Å²) in [5.74, 6) is -0.711. The van der Waals surface area contributed by atoms with Gasteiger partial charge in [-0.15, -0.1) is 0 Å². The molecule has 21 heavy (non-hydrogen) atoms. The molecule has 1 aromatic carbocycles. The van der Waals surface area contributed by atoms with Crippen molar-refractivity contribution in [3.8, 4) is 5.75 Å². The molecule has 0 aromatic heterocycles. The lowest BCUT2D eigenvalue weighted by atomic mass is 9.90. The highest BCUT2D eigenvalue weighted by molar-refractivity contribution is 5.79. The number of anilines is 1.